The van der Waals surface area contributed by atoms with Gasteiger partial charge in [-0.15, -0.1) is 0 Å². The monoisotopic (exact) mass is 230 g/mol. The van der Waals surface area contributed by atoms with E-state index >= 15 is 0 Å². The molecule has 2 aromatic rings. The standard InChI is InChI=1S/C13H14N2O2/c1-10-4-2-3-5-12(10)11-8-14-15(9-11)7-6-13(16)17/h2-5,8-9H,6-7H2,1H3,(H,16,17). The maximum atomic E-state index is 10.5. The first kappa shape index (κ1) is 11.4. The van der Waals surface area contributed by atoms with Crippen LogP contribution < -0.4 is 0 Å². The molecule has 0 radical (unpaired) electrons. The zero-order valence-corrected chi connectivity index (χ0v) is 9.63. The number of aromatic nitrogens is 2. The zero-order valence-electron chi connectivity index (χ0n) is 9.63. The first-order valence-corrected chi connectivity index (χ1v) is 5.47. The van der Waals surface area contributed by atoms with Crippen LogP contribution in [0.3, 0.4) is 0 Å². The van der Waals surface area contributed by atoms with Crippen molar-refractivity contribution in [2.24, 2.45) is 0 Å². The van der Waals surface area contributed by atoms with Crippen LogP contribution in [0.15, 0.2) is 36.7 Å². The second-order valence-corrected chi connectivity index (χ2v) is 3.95. The summed E-state index contributed by atoms with van der Waals surface area (Å²) >= 11 is 0. The van der Waals surface area contributed by atoms with Crippen LogP contribution in [0, 0.1) is 6.92 Å². The van der Waals surface area contributed by atoms with Crippen LogP contribution in [0.4, 0.5) is 0 Å². The summed E-state index contributed by atoms with van der Waals surface area (Å²) in [5, 5.41) is 12.8. The van der Waals surface area contributed by atoms with E-state index in [2.05, 4.69) is 5.10 Å². The summed E-state index contributed by atoms with van der Waals surface area (Å²) in [7, 11) is 0. The Morgan fingerprint density at radius 2 is 2.18 bits per heavy atom. The Balaban J connectivity index is 2.18. The molecule has 1 aromatic heterocycles. The van der Waals surface area contributed by atoms with Gasteiger partial charge in [0, 0.05) is 11.8 Å². The van der Waals surface area contributed by atoms with E-state index in [0.717, 1.165) is 11.1 Å². The van der Waals surface area contributed by atoms with Crippen molar-refractivity contribution >= 4 is 5.97 Å². The molecule has 4 nitrogen and oxygen atoms in total. The minimum absolute atomic E-state index is 0.0922. The number of benzene rings is 1. The van der Waals surface area contributed by atoms with E-state index in [1.54, 1.807) is 10.9 Å². The molecular formula is C13H14N2O2. The molecule has 0 spiro atoms. The van der Waals surface area contributed by atoms with Gasteiger partial charge in [-0.1, -0.05) is 24.3 Å². The van der Waals surface area contributed by atoms with Gasteiger partial charge in [0.15, 0.2) is 0 Å². The topological polar surface area (TPSA) is 55.1 Å². The Morgan fingerprint density at radius 3 is 2.88 bits per heavy atom. The molecule has 0 aliphatic carbocycles. The lowest BCUT2D eigenvalue weighted by atomic mass is 10.0. The van der Waals surface area contributed by atoms with E-state index in [1.807, 2.05) is 37.4 Å². The molecule has 0 amide bonds. The van der Waals surface area contributed by atoms with Crippen LogP contribution >= 0.6 is 0 Å². The van der Waals surface area contributed by atoms with Crippen molar-refractivity contribution in [3.63, 3.8) is 0 Å². The lowest BCUT2D eigenvalue weighted by Crippen LogP contribution is -2.04. The highest BCUT2D eigenvalue weighted by molar-refractivity contribution is 5.67. The molecule has 0 aliphatic heterocycles. The average Bonchev–Trinajstić information content (AvgIpc) is 2.75. The fraction of sp³-hybridized carbons (Fsp3) is 0.231. The Morgan fingerprint density at radius 1 is 1.41 bits per heavy atom. The van der Waals surface area contributed by atoms with E-state index in [1.165, 1.54) is 5.56 Å². The van der Waals surface area contributed by atoms with E-state index in [-0.39, 0.29) is 6.42 Å². The Bertz CT molecular complexity index is 532. The molecule has 0 unspecified atom stereocenters. The van der Waals surface area contributed by atoms with Crippen LogP contribution in [0.2, 0.25) is 0 Å². The summed E-state index contributed by atoms with van der Waals surface area (Å²) in [4.78, 5) is 10.5. The molecule has 0 fully saturated rings. The molecule has 1 heterocycles. The van der Waals surface area contributed by atoms with Gasteiger partial charge in [-0.05, 0) is 18.1 Å². The molecule has 17 heavy (non-hydrogen) atoms. The quantitative estimate of drug-likeness (QED) is 0.877. The second-order valence-electron chi connectivity index (χ2n) is 3.95. The third kappa shape index (κ3) is 2.72. The SMILES string of the molecule is Cc1ccccc1-c1cnn(CCC(=O)O)c1. The van der Waals surface area contributed by atoms with Crippen LogP contribution in [-0.2, 0) is 11.3 Å². The summed E-state index contributed by atoms with van der Waals surface area (Å²) in [6.45, 7) is 2.45. The summed E-state index contributed by atoms with van der Waals surface area (Å²) in [6.07, 6.45) is 3.74. The third-order valence-corrected chi connectivity index (χ3v) is 2.64. The number of hydrogen-bond acceptors (Lipinski definition) is 2. The fourth-order valence-electron chi connectivity index (χ4n) is 1.73. The summed E-state index contributed by atoms with van der Waals surface area (Å²) in [5.74, 6) is -0.807. The predicted octanol–water partition coefficient (Wildman–Crippen LogP) is 2.33. The summed E-state index contributed by atoms with van der Waals surface area (Å²) < 4.78 is 1.66. The maximum Gasteiger partial charge on any atom is 0.305 e. The van der Waals surface area contributed by atoms with Gasteiger partial charge < -0.3 is 5.11 Å². The van der Waals surface area contributed by atoms with Crippen molar-refractivity contribution in [2.75, 3.05) is 0 Å². The molecule has 1 N–H and O–H groups in total. The predicted molar refractivity (Wildman–Crippen MR) is 64.7 cm³/mol. The minimum atomic E-state index is -0.807. The fourth-order valence-corrected chi connectivity index (χ4v) is 1.73. The van der Waals surface area contributed by atoms with Gasteiger partial charge in [0.05, 0.1) is 19.2 Å². The summed E-state index contributed by atoms with van der Waals surface area (Å²) in [5.41, 5.74) is 3.34. The molecule has 0 saturated heterocycles. The van der Waals surface area contributed by atoms with Gasteiger partial charge in [-0.3, -0.25) is 9.48 Å². The Labute approximate surface area is 99.5 Å². The Kier molecular flexibility index (Phi) is 3.23. The molecular weight excluding hydrogens is 216 g/mol. The van der Waals surface area contributed by atoms with Gasteiger partial charge in [-0.25, -0.2) is 0 Å². The molecule has 4 heteroatoms. The van der Waals surface area contributed by atoms with Crippen molar-refractivity contribution in [3.8, 4) is 11.1 Å². The highest BCUT2D eigenvalue weighted by Gasteiger charge is 2.05. The number of rotatable bonds is 4. The third-order valence-electron chi connectivity index (χ3n) is 2.64. The van der Waals surface area contributed by atoms with Gasteiger partial charge in [0.1, 0.15) is 0 Å². The molecule has 0 bridgehead atoms. The molecule has 0 atom stereocenters. The van der Waals surface area contributed by atoms with E-state index in [9.17, 15) is 4.79 Å². The average molecular weight is 230 g/mol. The van der Waals surface area contributed by atoms with Gasteiger partial charge in [-0.2, -0.15) is 5.10 Å². The maximum absolute atomic E-state index is 10.5. The van der Waals surface area contributed by atoms with Gasteiger partial charge >= 0.3 is 5.97 Å². The first-order chi connectivity index (χ1) is 8.16. The van der Waals surface area contributed by atoms with E-state index in [0.29, 0.717) is 6.54 Å². The Hall–Kier alpha value is -2.10. The van der Waals surface area contributed by atoms with E-state index in [4.69, 9.17) is 5.11 Å². The lowest BCUT2D eigenvalue weighted by Gasteiger charge is -2.01. The number of carbonyl (C=O) groups is 1. The van der Waals surface area contributed by atoms with Crippen molar-refractivity contribution < 1.29 is 9.90 Å². The van der Waals surface area contributed by atoms with Crippen LogP contribution in [0.1, 0.15) is 12.0 Å². The zero-order chi connectivity index (χ0) is 12.3. The van der Waals surface area contributed by atoms with Crippen LogP contribution in [0.5, 0.6) is 0 Å². The van der Waals surface area contributed by atoms with Crippen molar-refractivity contribution in [1.82, 2.24) is 9.78 Å². The molecule has 2 rings (SSSR count). The first-order valence-electron chi connectivity index (χ1n) is 5.47. The largest absolute Gasteiger partial charge is 0.481 e. The van der Waals surface area contributed by atoms with Crippen LogP contribution in [0.25, 0.3) is 11.1 Å². The highest BCUT2D eigenvalue weighted by Crippen LogP contribution is 2.22. The number of carboxylic acid groups (broad SMARTS) is 1. The van der Waals surface area contributed by atoms with E-state index < -0.39 is 5.97 Å². The number of aliphatic carboxylic acids is 1. The number of carboxylic acids is 1. The molecule has 0 saturated carbocycles. The van der Waals surface area contributed by atoms with Crippen LogP contribution in [-0.4, -0.2) is 20.9 Å². The van der Waals surface area contributed by atoms with Crippen molar-refractivity contribution in [2.45, 2.75) is 19.9 Å². The smallest absolute Gasteiger partial charge is 0.305 e. The molecule has 0 aliphatic rings. The number of hydrogen-bond donors (Lipinski definition) is 1. The van der Waals surface area contributed by atoms with Gasteiger partial charge in [0.2, 0.25) is 0 Å². The van der Waals surface area contributed by atoms with Crippen molar-refractivity contribution in [3.05, 3.63) is 42.2 Å². The van der Waals surface area contributed by atoms with Crippen molar-refractivity contribution in [1.29, 1.82) is 0 Å². The lowest BCUT2D eigenvalue weighted by molar-refractivity contribution is -0.137. The number of nitrogens with zero attached hydrogens (tertiary/aromatic N) is 2. The van der Waals surface area contributed by atoms with Gasteiger partial charge in [0.25, 0.3) is 0 Å². The molecule has 88 valence electrons. The number of aryl methyl sites for hydroxylation is 2. The normalized spacial score (nSPS) is 10.4. The molecule has 1 aromatic carbocycles. The summed E-state index contributed by atoms with van der Waals surface area (Å²) in [6, 6.07) is 8.06. The highest BCUT2D eigenvalue weighted by atomic mass is 16.4. The second kappa shape index (κ2) is 4.82. The minimum Gasteiger partial charge on any atom is -0.481 e.